The molecule has 0 aromatic heterocycles. The number of hydrogen-bond acceptors (Lipinski definition) is 7. The average molecular weight is 400 g/mol. The maximum Gasteiger partial charge on any atom is 0.198 e. The maximum absolute atomic E-state index is 13.1. The van der Waals surface area contributed by atoms with Crippen molar-refractivity contribution < 1.29 is 30.0 Å². The van der Waals surface area contributed by atoms with Crippen LogP contribution in [0.5, 0.6) is 11.5 Å². The van der Waals surface area contributed by atoms with Gasteiger partial charge in [-0.25, -0.2) is 0 Å². The van der Waals surface area contributed by atoms with E-state index in [0.29, 0.717) is 5.75 Å². The molecule has 2 aromatic rings. The van der Waals surface area contributed by atoms with E-state index in [1.807, 2.05) is 6.92 Å². The number of aliphatic hydroxyl groups is 2. The van der Waals surface area contributed by atoms with Crippen LogP contribution in [0.25, 0.3) is 0 Å². The van der Waals surface area contributed by atoms with Crippen molar-refractivity contribution in [3.05, 3.63) is 57.6 Å². The molecule has 0 radical (unpaired) electrons. The van der Waals surface area contributed by atoms with Crippen LogP contribution in [-0.4, -0.2) is 43.3 Å². The third-order valence-electron chi connectivity index (χ3n) is 5.49. The molecule has 2 aliphatic carbocycles. The summed E-state index contributed by atoms with van der Waals surface area (Å²) in [6.45, 7) is 3.43. The molecule has 0 amide bonds. The first-order chi connectivity index (χ1) is 13.2. The number of thioether (sulfide) groups is 1. The van der Waals surface area contributed by atoms with E-state index in [2.05, 4.69) is 0 Å². The lowest BCUT2D eigenvalue weighted by molar-refractivity contribution is -0.0115. The standard InChI is InChI=1S/C21H20O6S/c1-3-28-20-15-12(11(22)8-21(20,2)27)18(25)13-14(19(15)26)17(24)10-7-5-4-6-9(10)16(13)23/h4-7,11,20,22,25-27H,3,8H2,1-2H3/t11-,20+,21+/m0/s1. The number of aliphatic hydroxyl groups excluding tert-OH is 1. The fourth-order valence-electron chi connectivity index (χ4n) is 4.30. The minimum atomic E-state index is -1.37. The van der Waals surface area contributed by atoms with Crippen molar-refractivity contribution in [2.75, 3.05) is 5.75 Å². The Balaban J connectivity index is 2.08. The lowest BCUT2D eigenvalue weighted by Crippen LogP contribution is -2.38. The predicted molar refractivity (Wildman–Crippen MR) is 104 cm³/mol. The van der Waals surface area contributed by atoms with Gasteiger partial charge in [-0.3, -0.25) is 9.59 Å². The van der Waals surface area contributed by atoms with Gasteiger partial charge in [0.05, 0.1) is 28.1 Å². The number of phenols is 2. The molecule has 3 atom stereocenters. The van der Waals surface area contributed by atoms with Crippen molar-refractivity contribution >= 4 is 23.3 Å². The molecule has 7 heteroatoms. The Morgan fingerprint density at radius 1 is 1.04 bits per heavy atom. The SMILES string of the molecule is CCS[C@@H]1c2c(O)c3c(c(O)c2[C@@H](O)C[C@@]1(C)O)C(=O)c1ccccc1C3=O. The highest BCUT2D eigenvalue weighted by atomic mass is 32.2. The average Bonchev–Trinajstić information content (AvgIpc) is 2.64. The zero-order chi connectivity index (χ0) is 20.4. The van der Waals surface area contributed by atoms with Crippen LogP contribution in [0.2, 0.25) is 0 Å². The summed E-state index contributed by atoms with van der Waals surface area (Å²) in [5.74, 6) is -1.50. The van der Waals surface area contributed by atoms with Gasteiger partial charge in [0.15, 0.2) is 11.6 Å². The van der Waals surface area contributed by atoms with E-state index in [0.717, 1.165) is 0 Å². The Morgan fingerprint density at radius 3 is 2.04 bits per heavy atom. The molecule has 0 unspecified atom stereocenters. The summed E-state index contributed by atoms with van der Waals surface area (Å²) in [6, 6.07) is 6.22. The quantitative estimate of drug-likeness (QED) is 0.489. The normalized spacial score (nSPS) is 25.9. The first-order valence-electron chi connectivity index (χ1n) is 9.02. The molecule has 0 heterocycles. The van der Waals surface area contributed by atoms with Crippen molar-refractivity contribution in [3.8, 4) is 11.5 Å². The number of carbonyl (C=O) groups is 2. The van der Waals surface area contributed by atoms with E-state index >= 15 is 0 Å². The molecule has 146 valence electrons. The molecule has 0 bridgehead atoms. The first-order valence-corrected chi connectivity index (χ1v) is 10.1. The summed E-state index contributed by atoms with van der Waals surface area (Å²) in [6.07, 6.45) is -1.35. The smallest absolute Gasteiger partial charge is 0.198 e. The molecule has 0 fully saturated rings. The zero-order valence-electron chi connectivity index (χ0n) is 15.4. The molecule has 6 nitrogen and oxygen atoms in total. The van der Waals surface area contributed by atoms with Crippen molar-refractivity contribution in [3.63, 3.8) is 0 Å². The molecule has 2 aliphatic rings. The number of fused-ring (bicyclic) bond motifs is 3. The second kappa shape index (κ2) is 6.34. The zero-order valence-corrected chi connectivity index (χ0v) is 16.2. The molecule has 0 saturated heterocycles. The summed E-state index contributed by atoms with van der Waals surface area (Å²) < 4.78 is 0. The van der Waals surface area contributed by atoms with Crippen LogP contribution in [0.1, 0.15) is 74.6 Å². The molecular formula is C21H20O6S. The van der Waals surface area contributed by atoms with Crippen LogP contribution in [0.4, 0.5) is 0 Å². The topological polar surface area (TPSA) is 115 Å². The Labute approximate surface area is 165 Å². The van der Waals surface area contributed by atoms with E-state index in [1.165, 1.54) is 23.9 Å². The second-order valence-electron chi connectivity index (χ2n) is 7.39. The van der Waals surface area contributed by atoms with Crippen LogP contribution < -0.4 is 0 Å². The largest absolute Gasteiger partial charge is 0.507 e. The Kier molecular flexibility index (Phi) is 4.30. The van der Waals surface area contributed by atoms with Gasteiger partial charge in [-0.1, -0.05) is 31.2 Å². The molecule has 4 N–H and O–H groups in total. The van der Waals surface area contributed by atoms with Gasteiger partial charge >= 0.3 is 0 Å². The first kappa shape index (κ1) is 19.0. The molecule has 0 saturated carbocycles. The lowest BCUT2D eigenvalue weighted by atomic mass is 9.73. The van der Waals surface area contributed by atoms with Gasteiger partial charge in [0.1, 0.15) is 11.5 Å². The summed E-state index contributed by atoms with van der Waals surface area (Å²) in [4.78, 5) is 26.1. The van der Waals surface area contributed by atoms with Gasteiger partial charge in [-0.05, 0) is 12.7 Å². The van der Waals surface area contributed by atoms with E-state index in [9.17, 15) is 30.0 Å². The monoisotopic (exact) mass is 400 g/mol. The van der Waals surface area contributed by atoms with Crippen LogP contribution in [-0.2, 0) is 0 Å². The second-order valence-corrected chi connectivity index (χ2v) is 8.77. The molecule has 0 aliphatic heterocycles. The van der Waals surface area contributed by atoms with E-state index in [-0.39, 0.29) is 39.8 Å². The molecule has 28 heavy (non-hydrogen) atoms. The highest BCUT2D eigenvalue weighted by Crippen LogP contribution is 2.57. The van der Waals surface area contributed by atoms with Gasteiger partial charge in [0.2, 0.25) is 0 Å². The van der Waals surface area contributed by atoms with E-state index < -0.39 is 40.0 Å². The van der Waals surface area contributed by atoms with Crippen molar-refractivity contribution in [1.82, 2.24) is 0 Å². The Hall–Kier alpha value is -2.35. The van der Waals surface area contributed by atoms with E-state index in [4.69, 9.17) is 0 Å². The molecular weight excluding hydrogens is 380 g/mol. The fraction of sp³-hybridized carbons (Fsp3) is 0.333. The van der Waals surface area contributed by atoms with E-state index in [1.54, 1.807) is 19.1 Å². The summed E-state index contributed by atoms with van der Waals surface area (Å²) in [5.41, 5.74) is -1.51. The summed E-state index contributed by atoms with van der Waals surface area (Å²) in [5, 5.41) is 42.7. The predicted octanol–water partition coefficient (Wildman–Crippen LogP) is 2.86. The van der Waals surface area contributed by atoms with Crippen molar-refractivity contribution in [2.24, 2.45) is 0 Å². The number of benzene rings is 2. The number of phenolic OH excluding ortho intramolecular Hbond substituents is 2. The number of rotatable bonds is 2. The van der Waals surface area contributed by atoms with Gasteiger partial charge < -0.3 is 20.4 Å². The third-order valence-corrected chi connectivity index (χ3v) is 6.90. The summed E-state index contributed by atoms with van der Waals surface area (Å²) in [7, 11) is 0. The fourth-order valence-corrected chi connectivity index (χ4v) is 5.49. The minimum Gasteiger partial charge on any atom is -0.507 e. The van der Waals surface area contributed by atoms with Gasteiger partial charge in [0, 0.05) is 28.7 Å². The van der Waals surface area contributed by atoms with Crippen LogP contribution >= 0.6 is 11.8 Å². The Bertz CT molecular complexity index is 1030. The molecule has 0 spiro atoms. The number of hydrogen-bond donors (Lipinski definition) is 4. The van der Waals surface area contributed by atoms with Gasteiger partial charge in [-0.15, -0.1) is 0 Å². The van der Waals surface area contributed by atoms with Gasteiger partial charge in [0.25, 0.3) is 0 Å². The number of carbonyl (C=O) groups excluding carboxylic acids is 2. The number of aromatic hydroxyl groups is 2. The summed E-state index contributed by atoms with van der Waals surface area (Å²) >= 11 is 1.34. The van der Waals surface area contributed by atoms with Crippen LogP contribution in [0.3, 0.4) is 0 Å². The van der Waals surface area contributed by atoms with Crippen LogP contribution in [0, 0.1) is 0 Å². The van der Waals surface area contributed by atoms with Crippen molar-refractivity contribution in [2.45, 2.75) is 37.2 Å². The minimum absolute atomic E-state index is 0.00857. The number of ketones is 2. The maximum atomic E-state index is 13.1. The van der Waals surface area contributed by atoms with Gasteiger partial charge in [-0.2, -0.15) is 11.8 Å². The highest BCUT2D eigenvalue weighted by Gasteiger charge is 2.48. The highest BCUT2D eigenvalue weighted by molar-refractivity contribution is 7.99. The van der Waals surface area contributed by atoms with Crippen LogP contribution in [0.15, 0.2) is 24.3 Å². The lowest BCUT2D eigenvalue weighted by Gasteiger charge is -2.41. The van der Waals surface area contributed by atoms with Crippen molar-refractivity contribution in [1.29, 1.82) is 0 Å². The molecule has 2 aromatic carbocycles. The molecule has 4 rings (SSSR count). The third kappa shape index (κ3) is 2.43. The Morgan fingerprint density at radius 2 is 1.54 bits per heavy atom.